The number of likely N-dealkylation sites (N-methyl/N-ethyl adjacent to an activating group) is 1. The van der Waals surface area contributed by atoms with Crippen molar-refractivity contribution in [2.24, 2.45) is 0 Å². The standard InChI is InChI=1S/C15H26N4O5S/c1-16(2)4-9-19(13-3-10-25(23,24)11-13)15(22)14(21)18-7-5-17(12-20)6-8-18/h12-13H,3-11H2,1-2H3. The highest BCUT2D eigenvalue weighted by molar-refractivity contribution is 7.91. The smallest absolute Gasteiger partial charge is 0.312 e. The van der Waals surface area contributed by atoms with E-state index in [9.17, 15) is 22.8 Å². The fourth-order valence-corrected chi connectivity index (χ4v) is 4.80. The number of nitrogens with zero attached hydrogens (tertiary/aromatic N) is 4. The normalized spacial score (nSPS) is 22.9. The molecule has 0 aromatic carbocycles. The number of carbonyl (C=O) groups is 3. The molecule has 0 aromatic heterocycles. The van der Waals surface area contributed by atoms with Crippen LogP contribution in [0.5, 0.6) is 0 Å². The Hall–Kier alpha value is -1.68. The maximum atomic E-state index is 12.7. The molecule has 25 heavy (non-hydrogen) atoms. The van der Waals surface area contributed by atoms with Crippen LogP contribution in [0.25, 0.3) is 0 Å². The largest absolute Gasteiger partial charge is 0.342 e. The van der Waals surface area contributed by atoms with Gasteiger partial charge in [-0.25, -0.2) is 8.42 Å². The van der Waals surface area contributed by atoms with E-state index in [1.54, 1.807) is 4.90 Å². The van der Waals surface area contributed by atoms with Gasteiger partial charge in [-0.1, -0.05) is 0 Å². The summed E-state index contributed by atoms with van der Waals surface area (Å²) in [5, 5.41) is 0. The summed E-state index contributed by atoms with van der Waals surface area (Å²) in [6.45, 7) is 2.29. The van der Waals surface area contributed by atoms with E-state index in [0.29, 0.717) is 45.7 Å². The topological polar surface area (TPSA) is 98.3 Å². The molecular formula is C15H26N4O5S. The summed E-state index contributed by atoms with van der Waals surface area (Å²) >= 11 is 0. The van der Waals surface area contributed by atoms with Crippen LogP contribution in [0.15, 0.2) is 0 Å². The molecule has 2 aliphatic rings. The molecule has 0 radical (unpaired) electrons. The average molecular weight is 374 g/mol. The van der Waals surface area contributed by atoms with Crippen molar-refractivity contribution in [2.45, 2.75) is 12.5 Å². The first kappa shape index (κ1) is 19.6. The molecule has 2 rings (SSSR count). The maximum absolute atomic E-state index is 12.7. The minimum Gasteiger partial charge on any atom is -0.342 e. The van der Waals surface area contributed by atoms with Gasteiger partial charge in [0.15, 0.2) is 9.84 Å². The Bertz CT molecular complexity index is 613. The number of hydrogen-bond acceptors (Lipinski definition) is 6. The van der Waals surface area contributed by atoms with Gasteiger partial charge in [-0.3, -0.25) is 14.4 Å². The molecule has 0 saturated carbocycles. The molecule has 0 aromatic rings. The van der Waals surface area contributed by atoms with Crippen LogP contribution < -0.4 is 0 Å². The van der Waals surface area contributed by atoms with Crippen LogP contribution in [-0.4, -0.2) is 117 Å². The highest BCUT2D eigenvalue weighted by Crippen LogP contribution is 2.18. The van der Waals surface area contributed by atoms with Gasteiger partial charge < -0.3 is 19.6 Å². The van der Waals surface area contributed by atoms with Crippen LogP contribution in [0.4, 0.5) is 0 Å². The second-order valence-corrected chi connectivity index (χ2v) is 9.02. The first-order valence-corrected chi connectivity index (χ1v) is 10.2. The van der Waals surface area contributed by atoms with E-state index in [1.807, 2.05) is 19.0 Å². The van der Waals surface area contributed by atoms with Crippen molar-refractivity contribution in [3.05, 3.63) is 0 Å². The molecule has 0 bridgehead atoms. The molecule has 3 amide bonds. The highest BCUT2D eigenvalue weighted by atomic mass is 32.2. The van der Waals surface area contributed by atoms with Crippen LogP contribution >= 0.6 is 0 Å². The van der Waals surface area contributed by atoms with Gasteiger partial charge >= 0.3 is 11.8 Å². The zero-order chi connectivity index (χ0) is 18.6. The van der Waals surface area contributed by atoms with Crippen LogP contribution in [0.1, 0.15) is 6.42 Å². The number of rotatable bonds is 5. The Morgan fingerprint density at radius 1 is 1.12 bits per heavy atom. The summed E-state index contributed by atoms with van der Waals surface area (Å²) in [6, 6.07) is -0.447. The van der Waals surface area contributed by atoms with Gasteiger partial charge in [-0.2, -0.15) is 0 Å². The Labute approximate surface area is 148 Å². The Morgan fingerprint density at radius 3 is 2.24 bits per heavy atom. The Balaban J connectivity index is 2.06. The lowest BCUT2D eigenvalue weighted by atomic mass is 10.2. The fraction of sp³-hybridized carbons (Fsp3) is 0.800. The monoisotopic (exact) mass is 374 g/mol. The van der Waals surface area contributed by atoms with Gasteiger partial charge in [0.25, 0.3) is 0 Å². The minimum absolute atomic E-state index is 0.0512. The first-order chi connectivity index (χ1) is 11.7. The van der Waals surface area contributed by atoms with E-state index in [0.717, 1.165) is 6.41 Å². The average Bonchev–Trinajstić information content (AvgIpc) is 2.93. The first-order valence-electron chi connectivity index (χ1n) is 8.38. The quantitative estimate of drug-likeness (QED) is 0.403. The van der Waals surface area contributed by atoms with Crippen LogP contribution in [0.3, 0.4) is 0 Å². The molecule has 1 unspecified atom stereocenters. The lowest BCUT2D eigenvalue weighted by Crippen LogP contribution is -2.55. The summed E-state index contributed by atoms with van der Waals surface area (Å²) in [4.78, 5) is 42.4. The van der Waals surface area contributed by atoms with Crippen LogP contribution in [0.2, 0.25) is 0 Å². The number of sulfone groups is 1. The number of amides is 3. The van der Waals surface area contributed by atoms with Crippen molar-refractivity contribution < 1.29 is 22.8 Å². The molecule has 1 atom stereocenters. The van der Waals surface area contributed by atoms with Crippen molar-refractivity contribution in [2.75, 3.05) is 64.9 Å². The SMILES string of the molecule is CN(C)CCN(C(=O)C(=O)N1CCN(C=O)CC1)C1CCS(=O)(=O)C1. The molecule has 142 valence electrons. The lowest BCUT2D eigenvalue weighted by molar-refractivity contribution is -0.154. The number of carbonyl (C=O) groups excluding carboxylic acids is 3. The van der Waals surface area contributed by atoms with Gasteiger partial charge in [0, 0.05) is 45.3 Å². The molecule has 2 heterocycles. The lowest BCUT2D eigenvalue weighted by Gasteiger charge is -2.35. The van der Waals surface area contributed by atoms with Crippen molar-refractivity contribution >= 4 is 28.1 Å². The molecule has 9 nitrogen and oxygen atoms in total. The predicted molar refractivity (Wildman–Crippen MR) is 91.5 cm³/mol. The third-order valence-electron chi connectivity index (χ3n) is 4.63. The zero-order valence-corrected chi connectivity index (χ0v) is 15.6. The van der Waals surface area contributed by atoms with E-state index in [2.05, 4.69) is 0 Å². The van der Waals surface area contributed by atoms with Gasteiger partial charge in [-0.15, -0.1) is 0 Å². The zero-order valence-electron chi connectivity index (χ0n) is 14.8. The predicted octanol–water partition coefficient (Wildman–Crippen LogP) is -2.14. The summed E-state index contributed by atoms with van der Waals surface area (Å²) in [7, 11) is 0.560. The van der Waals surface area contributed by atoms with Crippen molar-refractivity contribution in [3.63, 3.8) is 0 Å². The molecule has 2 aliphatic heterocycles. The van der Waals surface area contributed by atoms with E-state index in [-0.39, 0.29) is 11.5 Å². The second-order valence-electron chi connectivity index (χ2n) is 6.79. The van der Waals surface area contributed by atoms with Crippen molar-refractivity contribution in [1.29, 1.82) is 0 Å². The Kier molecular flexibility index (Phi) is 6.39. The van der Waals surface area contributed by atoms with E-state index in [1.165, 1.54) is 9.80 Å². The molecular weight excluding hydrogens is 348 g/mol. The second kappa shape index (κ2) is 8.13. The molecule has 0 N–H and O–H groups in total. The molecule has 10 heteroatoms. The van der Waals surface area contributed by atoms with E-state index < -0.39 is 27.7 Å². The summed E-state index contributed by atoms with van der Waals surface area (Å²) < 4.78 is 23.5. The third-order valence-corrected chi connectivity index (χ3v) is 6.38. The van der Waals surface area contributed by atoms with E-state index >= 15 is 0 Å². The van der Waals surface area contributed by atoms with Gasteiger partial charge in [-0.05, 0) is 20.5 Å². The number of hydrogen-bond donors (Lipinski definition) is 0. The van der Waals surface area contributed by atoms with Crippen molar-refractivity contribution in [3.8, 4) is 0 Å². The van der Waals surface area contributed by atoms with Crippen LogP contribution in [-0.2, 0) is 24.2 Å². The Morgan fingerprint density at radius 2 is 1.76 bits per heavy atom. The van der Waals surface area contributed by atoms with Gasteiger partial charge in [0.05, 0.1) is 11.5 Å². The molecule has 0 aliphatic carbocycles. The van der Waals surface area contributed by atoms with Crippen LogP contribution in [0, 0.1) is 0 Å². The summed E-state index contributed by atoms with van der Waals surface area (Å²) in [6.07, 6.45) is 1.10. The number of piperazine rings is 1. The summed E-state index contributed by atoms with van der Waals surface area (Å²) in [5.74, 6) is -1.30. The molecule has 2 saturated heterocycles. The van der Waals surface area contributed by atoms with Crippen molar-refractivity contribution in [1.82, 2.24) is 19.6 Å². The third kappa shape index (κ3) is 5.15. The molecule has 2 fully saturated rings. The van der Waals surface area contributed by atoms with Gasteiger partial charge in [0.2, 0.25) is 6.41 Å². The highest BCUT2D eigenvalue weighted by Gasteiger charge is 2.38. The minimum atomic E-state index is -3.15. The van der Waals surface area contributed by atoms with Gasteiger partial charge in [0.1, 0.15) is 0 Å². The van der Waals surface area contributed by atoms with E-state index in [4.69, 9.17) is 0 Å². The molecule has 0 spiro atoms. The fourth-order valence-electron chi connectivity index (χ4n) is 3.07. The summed E-state index contributed by atoms with van der Waals surface area (Å²) in [5.41, 5.74) is 0. The maximum Gasteiger partial charge on any atom is 0.312 e.